The second kappa shape index (κ2) is 5.57. The molecule has 2 atom stereocenters. The monoisotopic (exact) mass is 317 g/mol. The van der Waals surface area contributed by atoms with E-state index in [1.165, 1.54) is 11.8 Å². The summed E-state index contributed by atoms with van der Waals surface area (Å²) < 4.78 is 0. The number of hydrogen-bond acceptors (Lipinski definition) is 4. The molecule has 1 spiro atoms. The summed E-state index contributed by atoms with van der Waals surface area (Å²) in [5.41, 5.74) is 0.599. The number of nitrogens with zero attached hydrogens (tertiary/aromatic N) is 1. The standard InChI is InChI=1S/C16H19N3O4/c1-10(15(22)23)19-9-8-16(7-6-13(19)20)17-12-5-3-2-4-11(12)14(21)18-16/h2-5,10,17H,6-9H2,1H3,(H,18,21)(H,22,23). The van der Waals surface area contributed by atoms with Gasteiger partial charge in [-0.3, -0.25) is 9.59 Å². The van der Waals surface area contributed by atoms with E-state index in [9.17, 15) is 14.4 Å². The highest BCUT2D eigenvalue weighted by Gasteiger charge is 2.41. The number of hydrogen-bond donors (Lipinski definition) is 3. The first-order valence-electron chi connectivity index (χ1n) is 7.64. The summed E-state index contributed by atoms with van der Waals surface area (Å²) in [5.74, 6) is -1.40. The van der Waals surface area contributed by atoms with E-state index >= 15 is 0 Å². The number of carboxylic acids is 1. The molecular formula is C16H19N3O4. The van der Waals surface area contributed by atoms with Crippen molar-refractivity contribution in [2.45, 2.75) is 37.9 Å². The first kappa shape index (κ1) is 15.3. The molecule has 0 radical (unpaired) electrons. The molecule has 0 aliphatic carbocycles. The van der Waals surface area contributed by atoms with E-state index < -0.39 is 17.7 Å². The predicted octanol–water partition coefficient (Wildman–Crippen LogP) is 1.02. The molecule has 1 aromatic rings. The van der Waals surface area contributed by atoms with Crippen LogP contribution in [0.2, 0.25) is 0 Å². The Balaban J connectivity index is 1.84. The molecule has 2 heterocycles. The summed E-state index contributed by atoms with van der Waals surface area (Å²) in [7, 11) is 0. The van der Waals surface area contributed by atoms with Crippen molar-refractivity contribution < 1.29 is 19.5 Å². The molecule has 23 heavy (non-hydrogen) atoms. The number of carbonyl (C=O) groups excluding carboxylic acids is 2. The maximum Gasteiger partial charge on any atom is 0.326 e. The Kier molecular flexibility index (Phi) is 3.71. The smallest absolute Gasteiger partial charge is 0.326 e. The van der Waals surface area contributed by atoms with E-state index in [2.05, 4.69) is 10.6 Å². The van der Waals surface area contributed by atoms with Gasteiger partial charge in [0.2, 0.25) is 5.91 Å². The van der Waals surface area contributed by atoms with Gasteiger partial charge in [0, 0.05) is 25.1 Å². The summed E-state index contributed by atoms with van der Waals surface area (Å²) in [4.78, 5) is 37.1. The van der Waals surface area contributed by atoms with Crippen LogP contribution in [0, 0.1) is 0 Å². The van der Waals surface area contributed by atoms with Gasteiger partial charge in [-0.05, 0) is 25.5 Å². The third kappa shape index (κ3) is 2.74. The molecule has 122 valence electrons. The highest BCUT2D eigenvalue weighted by molar-refractivity contribution is 6.02. The van der Waals surface area contributed by atoms with Crippen molar-refractivity contribution in [2.75, 3.05) is 11.9 Å². The molecule has 0 bridgehead atoms. The number of anilines is 1. The fraction of sp³-hybridized carbons (Fsp3) is 0.438. The van der Waals surface area contributed by atoms with Gasteiger partial charge in [-0.1, -0.05) is 12.1 Å². The summed E-state index contributed by atoms with van der Waals surface area (Å²) >= 11 is 0. The maximum absolute atomic E-state index is 12.3. The van der Waals surface area contributed by atoms with Crippen molar-refractivity contribution in [1.82, 2.24) is 10.2 Å². The minimum absolute atomic E-state index is 0.175. The van der Waals surface area contributed by atoms with Crippen LogP contribution in [-0.4, -0.2) is 46.0 Å². The number of aliphatic carboxylic acids is 1. The van der Waals surface area contributed by atoms with Crippen molar-refractivity contribution in [2.24, 2.45) is 0 Å². The van der Waals surface area contributed by atoms with Gasteiger partial charge in [-0.15, -0.1) is 0 Å². The Hall–Kier alpha value is -2.57. The van der Waals surface area contributed by atoms with Crippen LogP contribution in [0.4, 0.5) is 5.69 Å². The van der Waals surface area contributed by atoms with Crippen molar-refractivity contribution in [1.29, 1.82) is 0 Å². The van der Waals surface area contributed by atoms with Crippen molar-refractivity contribution in [3.05, 3.63) is 29.8 Å². The molecule has 1 fully saturated rings. The summed E-state index contributed by atoms with van der Waals surface area (Å²) in [6.07, 6.45) is 1.07. The maximum atomic E-state index is 12.3. The van der Waals surface area contributed by atoms with Gasteiger partial charge in [0.1, 0.15) is 11.7 Å². The van der Waals surface area contributed by atoms with Crippen LogP contribution >= 0.6 is 0 Å². The van der Waals surface area contributed by atoms with Crippen LogP contribution in [0.5, 0.6) is 0 Å². The average molecular weight is 317 g/mol. The lowest BCUT2D eigenvalue weighted by Gasteiger charge is -2.40. The Morgan fingerprint density at radius 2 is 2.00 bits per heavy atom. The third-order valence-corrected chi connectivity index (χ3v) is 4.59. The van der Waals surface area contributed by atoms with Crippen LogP contribution in [-0.2, 0) is 9.59 Å². The highest BCUT2D eigenvalue weighted by Crippen LogP contribution is 2.31. The minimum atomic E-state index is -1.03. The molecule has 0 saturated carbocycles. The zero-order valence-corrected chi connectivity index (χ0v) is 12.8. The highest BCUT2D eigenvalue weighted by atomic mass is 16.4. The second-order valence-corrected chi connectivity index (χ2v) is 6.06. The molecular weight excluding hydrogens is 298 g/mol. The van der Waals surface area contributed by atoms with Gasteiger partial charge < -0.3 is 20.6 Å². The lowest BCUT2D eigenvalue weighted by molar-refractivity contribution is -0.149. The van der Waals surface area contributed by atoms with E-state index in [1.807, 2.05) is 12.1 Å². The summed E-state index contributed by atoms with van der Waals surface area (Å²) in [5, 5.41) is 15.4. The summed E-state index contributed by atoms with van der Waals surface area (Å²) in [6, 6.07) is 6.35. The quantitative estimate of drug-likeness (QED) is 0.756. The molecule has 2 amide bonds. The first-order valence-corrected chi connectivity index (χ1v) is 7.64. The molecule has 1 saturated heterocycles. The molecule has 2 aliphatic heterocycles. The van der Waals surface area contributed by atoms with Gasteiger partial charge in [-0.2, -0.15) is 0 Å². The zero-order chi connectivity index (χ0) is 16.6. The number of fused-ring (bicyclic) bond motifs is 1. The fourth-order valence-corrected chi connectivity index (χ4v) is 3.18. The molecule has 2 unspecified atom stereocenters. The SMILES string of the molecule is CC(C(=O)O)N1CCC2(CCC1=O)NC(=O)c1ccccc1N2. The number of rotatable bonds is 2. The van der Waals surface area contributed by atoms with E-state index in [0.717, 1.165) is 5.69 Å². The average Bonchev–Trinajstić information content (AvgIpc) is 2.67. The van der Waals surface area contributed by atoms with E-state index in [-0.39, 0.29) is 24.8 Å². The first-order chi connectivity index (χ1) is 10.9. The Labute approximate surface area is 133 Å². The molecule has 1 aromatic carbocycles. The Morgan fingerprint density at radius 3 is 2.74 bits per heavy atom. The van der Waals surface area contributed by atoms with Crippen LogP contribution in [0.1, 0.15) is 36.5 Å². The van der Waals surface area contributed by atoms with Crippen molar-refractivity contribution in [3.8, 4) is 0 Å². The topological polar surface area (TPSA) is 98.7 Å². The minimum Gasteiger partial charge on any atom is -0.480 e. The van der Waals surface area contributed by atoms with Crippen LogP contribution < -0.4 is 10.6 Å². The molecule has 7 nitrogen and oxygen atoms in total. The fourth-order valence-electron chi connectivity index (χ4n) is 3.18. The van der Waals surface area contributed by atoms with Crippen LogP contribution in [0.15, 0.2) is 24.3 Å². The lowest BCUT2D eigenvalue weighted by atomic mass is 9.95. The molecule has 3 rings (SSSR count). The predicted molar refractivity (Wildman–Crippen MR) is 82.9 cm³/mol. The number of benzene rings is 1. The van der Waals surface area contributed by atoms with Crippen LogP contribution in [0.3, 0.4) is 0 Å². The molecule has 3 N–H and O–H groups in total. The van der Waals surface area contributed by atoms with E-state index in [4.69, 9.17) is 5.11 Å². The molecule has 2 aliphatic rings. The van der Waals surface area contributed by atoms with Crippen molar-refractivity contribution in [3.63, 3.8) is 0 Å². The number of para-hydroxylation sites is 1. The van der Waals surface area contributed by atoms with Gasteiger partial charge in [-0.25, -0.2) is 4.79 Å². The zero-order valence-electron chi connectivity index (χ0n) is 12.8. The summed E-state index contributed by atoms with van der Waals surface area (Å²) in [6.45, 7) is 1.78. The lowest BCUT2D eigenvalue weighted by Crippen LogP contribution is -2.58. The Bertz CT molecular complexity index is 675. The second-order valence-electron chi connectivity index (χ2n) is 6.06. The molecule has 0 aromatic heterocycles. The van der Waals surface area contributed by atoms with Crippen LogP contribution in [0.25, 0.3) is 0 Å². The van der Waals surface area contributed by atoms with Gasteiger partial charge in [0.25, 0.3) is 5.91 Å². The normalized spacial score (nSPS) is 25.2. The van der Waals surface area contributed by atoms with E-state index in [0.29, 0.717) is 18.4 Å². The van der Waals surface area contributed by atoms with E-state index in [1.54, 1.807) is 12.1 Å². The number of carboxylic acid groups (broad SMARTS) is 1. The number of amides is 2. The Morgan fingerprint density at radius 1 is 1.26 bits per heavy atom. The van der Waals surface area contributed by atoms with Gasteiger partial charge in [0.15, 0.2) is 0 Å². The van der Waals surface area contributed by atoms with Gasteiger partial charge in [0.05, 0.1) is 5.56 Å². The largest absolute Gasteiger partial charge is 0.480 e. The number of carbonyl (C=O) groups is 3. The van der Waals surface area contributed by atoms with Gasteiger partial charge >= 0.3 is 5.97 Å². The molecule has 7 heteroatoms. The number of nitrogens with one attached hydrogen (secondary N) is 2. The number of likely N-dealkylation sites (tertiary alicyclic amines) is 1. The van der Waals surface area contributed by atoms with Crippen molar-refractivity contribution >= 4 is 23.5 Å². The third-order valence-electron chi connectivity index (χ3n) is 4.59.